The number of carbonyl (C=O) groups excluding carboxylic acids is 1. The first-order valence-electron chi connectivity index (χ1n) is 7.18. The van der Waals surface area contributed by atoms with Crippen molar-refractivity contribution in [2.24, 2.45) is 0 Å². The number of amides is 1. The Morgan fingerprint density at radius 3 is 3.00 bits per heavy atom. The van der Waals surface area contributed by atoms with Gasteiger partial charge in [-0.1, -0.05) is 23.4 Å². The van der Waals surface area contributed by atoms with Crippen LogP contribution in [0, 0.1) is 0 Å². The fourth-order valence-electron chi connectivity index (χ4n) is 2.16. The van der Waals surface area contributed by atoms with Crippen LogP contribution in [0.15, 0.2) is 52.4 Å². The van der Waals surface area contributed by atoms with E-state index in [-0.39, 0.29) is 5.91 Å². The molecule has 0 saturated carbocycles. The minimum Gasteiger partial charge on any atom is -0.497 e. The van der Waals surface area contributed by atoms with Gasteiger partial charge in [-0.2, -0.15) is 0 Å². The maximum absolute atomic E-state index is 12.1. The number of thiophene rings is 1. The SMILES string of the molecule is COc1cccc(CCNC(=O)c2cc(-c3cccs3)on2)c1. The number of nitrogens with zero attached hydrogens (tertiary/aromatic N) is 1. The van der Waals surface area contributed by atoms with E-state index < -0.39 is 0 Å². The lowest BCUT2D eigenvalue weighted by atomic mass is 10.1. The van der Waals surface area contributed by atoms with Gasteiger partial charge in [-0.25, -0.2) is 0 Å². The molecule has 118 valence electrons. The van der Waals surface area contributed by atoms with E-state index in [0.717, 1.165) is 22.6 Å². The lowest BCUT2D eigenvalue weighted by Gasteiger charge is -2.05. The summed E-state index contributed by atoms with van der Waals surface area (Å²) < 4.78 is 10.4. The highest BCUT2D eigenvalue weighted by atomic mass is 32.1. The molecule has 3 rings (SSSR count). The molecule has 0 bridgehead atoms. The Morgan fingerprint density at radius 1 is 1.30 bits per heavy atom. The first kappa shape index (κ1) is 15.3. The quantitative estimate of drug-likeness (QED) is 0.753. The Labute approximate surface area is 137 Å². The molecule has 5 nitrogen and oxygen atoms in total. The third-order valence-corrected chi connectivity index (χ3v) is 4.22. The van der Waals surface area contributed by atoms with Crippen LogP contribution in [0.25, 0.3) is 10.6 Å². The predicted molar refractivity (Wildman–Crippen MR) is 88.8 cm³/mol. The number of aromatic nitrogens is 1. The molecule has 3 aromatic rings. The first-order chi connectivity index (χ1) is 11.3. The lowest BCUT2D eigenvalue weighted by Crippen LogP contribution is -2.25. The Kier molecular flexibility index (Phi) is 4.73. The van der Waals surface area contributed by atoms with Crippen LogP contribution in [0.4, 0.5) is 0 Å². The van der Waals surface area contributed by atoms with Crippen molar-refractivity contribution in [2.75, 3.05) is 13.7 Å². The Hall–Kier alpha value is -2.60. The second-order valence-electron chi connectivity index (χ2n) is 4.91. The Bertz CT molecular complexity index is 781. The van der Waals surface area contributed by atoms with Gasteiger partial charge < -0.3 is 14.6 Å². The van der Waals surface area contributed by atoms with Crippen LogP contribution in [0.2, 0.25) is 0 Å². The fraction of sp³-hybridized carbons (Fsp3) is 0.176. The fourth-order valence-corrected chi connectivity index (χ4v) is 2.83. The molecule has 0 atom stereocenters. The van der Waals surface area contributed by atoms with Crippen LogP contribution in [-0.2, 0) is 6.42 Å². The highest BCUT2D eigenvalue weighted by Crippen LogP contribution is 2.25. The summed E-state index contributed by atoms with van der Waals surface area (Å²) in [5.41, 5.74) is 1.39. The molecule has 0 spiro atoms. The summed E-state index contributed by atoms with van der Waals surface area (Å²) >= 11 is 1.54. The normalized spacial score (nSPS) is 10.5. The zero-order valence-electron chi connectivity index (χ0n) is 12.6. The molecule has 0 saturated heterocycles. The maximum atomic E-state index is 12.1. The van der Waals surface area contributed by atoms with Gasteiger partial charge >= 0.3 is 0 Å². The van der Waals surface area contributed by atoms with Gasteiger partial charge in [0.25, 0.3) is 5.91 Å². The molecule has 1 amide bonds. The Morgan fingerprint density at radius 2 is 2.22 bits per heavy atom. The molecule has 1 N–H and O–H groups in total. The minimum absolute atomic E-state index is 0.237. The van der Waals surface area contributed by atoms with E-state index >= 15 is 0 Å². The second kappa shape index (κ2) is 7.11. The van der Waals surface area contributed by atoms with E-state index in [0.29, 0.717) is 18.0 Å². The minimum atomic E-state index is -0.237. The molecule has 23 heavy (non-hydrogen) atoms. The standard InChI is InChI=1S/C17H16N2O3S/c1-21-13-5-2-4-12(10-13)7-8-18-17(20)14-11-15(22-19-14)16-6-3-9-23-16/h2-6,9-11H,7-8H2,1H3,(H,18,20). The molecule has 0 aliphatic rings. The van der Waals surface area contributed by atoms with Crippen LogP contribution in [0.3, 0.4) is 0 Å². The number of benzene rings is 1. The molecular formula is C17H16N2O3S. The van der Waals surface area contributed by atoms with E-state index in [1.807, 2.05) is 41.8 Å². The van der Waals surface area contributed by atoms with E-state index in [2.05, 4.69) is 10.5 Å². The molecule has 0 fully saturated rings. The monoisotopic (exact) mass is 328 g/mol. The van der Waals surface area contributed by atoms with E-state index in [1.165, 1.54) is 0 Å². The zero-order chi connectivity index (χ0) is 16.1. The number of carbonyl (C=O) groups is 1. The van der Waals surface area contributed by atoms with Gasteiger partial charge in [0, 0.05) is 12.6 Å². The molecule has 2 aromatic heterocycles. The molecule has 1 aromatic carbocycles. The predicted octanol–water partition coefficient (Wildman–Crippen LogP) is 3.38. The van der Waals surface area contributed by atoms with Gasteiger partial charge in [0.2, 0.25) is 0 Å². The molecule has 6 heteroatoms. The van der Waals surface area contributed by atoms with Gasteiger partial charge in [-0.3, -0.25) is 4.79 Å². The van der Waals surface area contributed by atoms with Gasteiger partial charge in [0.1, 0.15) is 5.75 Å². The number of ether oxygens (including phenoxy) is 1. The molecular weight excluding hydrogens is 312 g/mol. The summed E-state index contributed by atoms with van der Waals surface area (Å²) in [5.74, 6) is 1.18. The van der Waals surface area contributed by atoms with Crippen molar-refractivity contribution in [3.05, 3.63) is 59.1 Å². The smallest absolute Gasteiger partial charge is 0.273 e. The average Bonchev–Trinajstić information content (AvgIpc) is 3.26. The number of methoxy groups -OCH3 is 1. The molecule has 0 aliphatic heterocycles. The number of hydrogen-bond acceptors (Lipinski definition) is 5. The van der Waals surface area contributed by atoms with Gasteiger partial charge in [-0.05, 0) is 35.6 Å². The second-order valence-corrected chi connectivity index (χ2v) is 5.86. The van der Waals surface area contributed by atoms with E-state index in [1.54, 1.807) is 24.5 Å². The van der Waals surface area contributed by atoms with Crippen LogP contribution < -0.4 is 10.1 Å². The summed E-state index contributed by atoms with van der Waals surface area (Å²) in [4.78, 5) is 13.0. The van der Waals surface area contributed by atoms with Crippen molar-refractivity contribution in [1.82, 2.24) is 10.5 Å². The summed E-state index contributed by atoms with van der Waals surface area (Å²) in [7, 11) is 1.64. The summed E-state index contributed by atoms with van der Waals surface area (Å²) in [6, 6.07) is 13.3. The molecule has 0 radical (unpaired) electrons. The number of rotatable bonds is 6. The summed E-state index contributed by atoms with van der Waals surface area (Å²) in [6.45, 7) is 0.521. The average molecular weight is 328 g/mol. The van der Waals surface area contributed by atoms with Crippen molar-refractivity contribution in [3.63, 3.8) is 0 Å². The van der Waals surface area contributed by atoms with Crippen molar-refractivity contribution in [3.8, 4) is 16.4 Å². The Balaban J connectivity index is 1.55. The van der Waals surface area contributed by atoms with Crippen LogP contribution in [0.5, 0.6) is 5.75 Å². The van der Waals surface area contributed by atoms with E-state index in [4.69, 9.17) is 9.26 Å². The van der Waals surface area contributed by atoms with E-state index in [9.17, 15) is 4.79 Å². The summed E-state index contributed by atoms with van der Waals surface area (Å²) in [5, 5.41) is 8.62. The third-order valence-electron chi connectivity index (χ3n) is 3.34. The van der Waals surface area contributed by atoms with Crippen LogP contribution >= 0.6 is 11.3 Å². The van der Waals surface area contributed by atoms with Crippen LogP contribution in [0.1, 0.15) is 16.1 Å². The maximum Gasteiger partial charge on any atom is 0.273 e. The number of hydrogen-bond donors (Lipinski definition) is 1. The molecule has 2 heterocycles. The van der Waals surface area contributed by atoms with Gasteiger partial charge in [0.05, 0.1) is 12.0 Å². The van der Waals surface area contributed by atoms with Gasteiger partial charge in [-0.15, -0.1) is 11.3 Å². The van der Waals surface area contributed by atoms with Crippen molar-refractivity contribution in [1.29, 1.82) is 0 Å². The van der Waals surface area contributed by atoms with Crippen LogP contribution in [-0.4, -0.2) is 24.7 Å². The van der Waals surface area contributed by atoms with Crippen molar-refractivity contribution < 1.29 is 14.1 Å². The van der Waals surface area contributed by atoms with Crippen molar-refractivity contribution in [2.45, 2.75) is 6.42 Å². The largest absolute Gasteiger partial charge is 0.497 e. The zero-order valence-corrected chi connectivity index (χ0v) is 13.4. The highest BCUT2D eigenvalue weighted by Gasteiger charge is 2.13. The number of nitrogens with one attached hydrogen (secondary N) is 1. The topological polar surface area (TPSA) is 64.4 Å². The first-order valence-corrected chi connectivity index (χ1v) is 8.06. The third kappa shape index (κ3) is 3.78. The highest BCUT2D eigenvalue weighted by molar-refractivity contribution is 7.13. The summed E-state index contributed by atoms with van der Waals surface area (Å²) in [6.07, 6.45) is 0.721. The molecule has 0 aliphatic carbocycles. The van der Waals surface area contributed by atoms with Crippen molar-refractivity contribution >= 4 is 17.2 Å². The van der Waals surface area contributed by atoms with Gasteiger partial charge in [0.15, 0.2) is 11.5 Å². The molecule has 0 unspecified atom stereocenters. The lowest BCUT2D eigenvalue weighted by molar-refractivity contribution is 0.0945.